The highest BCUT2D eigenvalue weighted by molar-refractivity contribution is 5.21. The van der Waals surface area contributed by atoms with Crippen LogP contribution in [-0.4, -0.2) is 29.2 Å². The molecule has 0 saturated heterocycles. The molecule has 2 heterocycles. The van der Waals surface area contributed by atoms with Gasteiger partial charge in [0.25, 0.3) is 0 Å². The third-order valence-corrected chi connectivity index (χ3v) is 2.73. The van der Waals surface area contributed by atoms with Crippen molar-refractivity contribution in [3.63, 3.8) is 0 Å². The van der Waals surface area contributed by atoms with E-state index in [2.05, 4.69) is 21.0 Å². The minimum Gasteiger partial charge on any atom is -0.481 e. The van der Waals surface area contributed by atoms with E-state index in [1.165, 1.54) is 5.56 Å². The van der Waals surface area contributed by atoms with Crippen molar-refractivity contribution in [3.05, 3.63) is 42.0 Å². The van der Waals surface area contributed by atoms with E-state index in [0.717, 1.165) is 25.1 Å². The molecule has 0 N–H and O–H groups in total. The van der Waals surface area contributed by atoms with Crippen molar-refractivity contribution >= 4 is 0 Å². The maximum atomic E-state index is 5.12. The highest BCUT2D eigenvalue weighted by Crippen LogP contribution is 2.16. The molecule has 0 bridgehead atoms. The van der Waals surface area contributed by atoms with Crippen molar-refractivity contribution in [2.24, 2.45) is 0 Å². The minimum atomic E-state index is 0.531. The maximum Gasteiger partial charge on any atom is 0.220 e. The van der Waals surface area contributed by atoms with Crippen molar-refractivity contribution in [1.82, 2.24) is 15.0 Å². The lowest BCUT2D eigenvalue weighted by Gasteiger charge is -2.06. The number of ether oxygens (including phenoxy) is 2. The fraction of sp³-hybridized carbons (Fsp3) is 0.357. The standard InChI is InChI=1S/C14H17N3O2/c1-18-13-9-14(19-2)17-12(16-13)7-3-5-11-6-4-8-15-10-11/h4,6,8-10H,3,5,7H2,1-2H3. The van der Waals surface area contributed by atoms with Crippen molar-refractivity contribution in [2.75, 3.05) is 14.2 Å². The van der Waals surface area contributed by atoms with Gasteiger partial charge in [-0.25, -0.2) is 0 Å². The van der Waals surface area contributed by atoms with Gasteiger partial charge in [-0.15, -0.1) is 0 Å². The molecule has 0 spiro atoms. The van der Waals surface area contributed by atoms with Gasteiger partial charge >= 0.3 is 0 Å². The van der Waals surface area contributed by atoms with Gasteiger partial charge in [0.1, 0.15) is 5.82 Å². The summed E-state index contributed by atoms with van der Waals surface area (Å²) in [6.45, 7) is 0. The molecule has 0 amide bonds. The molecule has 0 unspecified atom stereocenters. The van der Waals surface area contributed by atoms with Gasteiger partial charge in [0.05, 0.1) is 20.3 Å². The fourth-order valence-electron chi connectivity index (χ4n) is 1.77. The van der Waals surface area contributed by atoms with Crippen molar-refractivity contribution < 1.29 is 9.47 Å². The molecule has 0 atom stereocenters. The summed E-state index contributed by atoms with van der Waals surface area (Å²) >= 11 is 0. The Morgan fingerprint density at radius 2 is 1.79 bits per heavy atom. The number of hydrogen-bond donors (Lipinski definition) is 0. The van der Waals surface area contributed by atoms with Gasteiger partial charge in [-0.3, -0.25) is 4.98 Å². The lowest BCUT2D eigenvalue weighted by Crippen LogP contribution is -2.01. The summed E-state index contributed by atoms with van der Waals surface area (Å²) in [7, 11) is 3.17. The van der Waals surface area contributed by atoms with Crippen LogP contribution in [-0.2, 0) is 12.8 Å². The van der Waals surface area contributed by atoms with Gasteiger partial charge in [-0.1, -0.05) is 6.07 Å². The molecule has 0 aliphatic carbocycles. The molecule has 19 heavy (non-hydrogen) atoms. The number of aryl methyl sites for hydroxylation is 2. The molecule has 2 aromatic rings. The van der Waals surface area contributed by atoms with Crippen molar-refractivity contribution in [1.29, 1.82) is 0 Å². The van der Waals surface area contributed by atoms with Gasteiger partial charge in [-0.05, 0) is 24.5 Å². The summed E-state index contributed by atoms with van der Waals surface area (Å²) in [6, 6.07) is 5.69. The Bertz CT molecular complexity index is 495. The molecule has 0 fully saturated rings. The number of rotatable bonds is 6. The van der Waals surface area contributed by atoms with Crippen LogP contribution in [0.3, 0.4) is 0 Å². The van der Waals surface area contributed by atoms with E-state index in [1.54, 1.807) is 26.5 Å². The predicted octanol–water partition coefficient (Wildman–Crippen LogP) is 2.06. The molecule has 5 heteroatoms. The zero-order valence-electron chi connectivity index (χ0n) is 11.2. The van der Waals surface area contributed by atoms with E-state index in [4.69, 9.17) is 9.47 Å². The SMILES string of the molecule is COc1cc(OC)nc(CCCc2cccnc2)n1. The molecule has 0 aliphatic heterocycles. The van der Waals surface area contributed by atoms with Crippen LogP contribution >= 0.6 is 0 Å². The summed E-state index contributed by atoms with van der Waals surface area (Å²) < 4.78 is 10.2. The summed E-state index contributed by atoms with van der Waals surface area (Å²) in [6.07, 6.45) is 6.35. The topological polar surface area (TPSA) is 57.1 Å². The van der Waals surface area contributed by atoms with Crippen LogP contribution in [0.1, 0.15) is 17.8 Å². The monoisotopic (exact) mass is 259 g/mol. The molecular formula is C14H17N3O2. The average molecular weight is 259 g/mol. The number of nitrogens with zero attached hydrogens (tertiary/aromatic N) is 3. The van der Waals surface area contributed by atoms with Crippen LogP contribution < -0.4 is 9.47 Å². The second-order valence-corrected chi connectivity index (χ2v) is 4.08. The van der Waals surface area contributed by atoms with Crippen LogP contribution in [0.2, 0.25) is 0 Å². The van der Waals surface area contributed by atoms with Gasteiger partial charge in [0.15, 0.2) is 0 Å². The zero-order valence-corrected chi connectivity index (χ0v) is 11.2. The lowest BCUT2D eigenvalue weighted by molar-refractivity contribution is 0.368. The third-order valence-electron chi connectivity index (χ3n) is 2.73. The van der Waals surface area contributed by atoms with Crippen LogP contribution in [0.5, 0.6) is 11.8 Å². The van der Waals surface area contributed by atoms with Gasteiger partial charge < -0.3 is 9.47 Å². The Morgan fingerprint density at radius 3 is 2.37 bits per heavy atom. The van der Waals surface area contributed by atoms with Crippen LogP contribution in [0, 0.1) is 0 Å². The van der Waals surface area contributed by atoms with Gasteiger partial charge in [0, 0.05) is 18.8 Å². The molecule has 2 aromatic heterocycles. The van der Waals surface area contributed by atoms with Gasteiger partial charge in [0.2, 0.25) is 11.8 Å². The minimum absolute atomic E-state index is 0.531. The fourth-order valence-corrected chi connectivity index (χ4v) is 1.77. The largest absolute Gasteiger partial charge is 0.481 e. The number of pyridine rings is 1. The van der Waals surface area contributed by atoms with Crippen molar-refractivity contribution in [3.8, 4) is 11.8 Å². The third kappa shape index (κ3) is 3.91. The molecule has 0 aromatic carbocycles. The second kappa shape index (κ2) is 6.68. The van der Waals surface area contributed by atoms with Crippen LogP contribution in [0.25, 0.3) is 0 Å². The zero-order chi connectivity index (χ0) is 13.5. The first-order valence-electron chi connectivity index (χ1n) is 6.16. The Kier molecular flexibility index (Phi) is 4.66. The first kappa shape index (κ1) is 13.3. The quantitative estimate of drug-likeness (QED) is 0.794. The Balaban J connectivity index is 1.95. The molecule has 100 valence electrons. The summed E-state index contributed by atoms with van der Waals surface area (Å²) in [5.41, 5.74) is 1.22. The highest BCUT2D eigenvalue weighted by atomic mass is 16.5. The smallest absolute Gasteiger partial charge is 0.220 e. The molecule has 0 radical (unpaired) electrons. The Hall–Kier alpha value is -2.17. The van der Waals surface area contributed by atoms with E-state index in [0.29, 0.717) is 11.8 Å². The van der Waals surface area contributed by atoms with E-state index >= 15 is 0 Å². The normalized spacial score (nSPS) is 10.2. The number of hydrogen-bond acceptors (Lipinski definition) is 5. The van der Waals surface area contributed by atoms with E-state index < -0.39 is 0 Å². The number of aromatic nitrogens is 3. The first-order chi connectivity index (χ1) is 9.31. The molecule has 2 rings (SSSR count). The molecule has 0 aliphatic rings. The highest BCUT2D eigenvalue weighted by Gasteiger charge is 2.05. The van der Waals surface area contributed by atoms with E-state index in [1.807, 2.05) is 12.3 Å². The average Bonchev–Trinajstić information content (AvgIpc) is 2.48. The molecule has 5 nitrogen and oxygen atoms in total. The lowest BCUT2D eigenvalue weighted by atomic mass is 10.1. The van der Waals surface area contributed by atoms with Gasteiger partial charge in [-0.2, -0.15) is 9.97 Å². The molecule has 0 saturated carbocycles. The summed E-state index contributed by atoms with van der Waals surface area (Å²) in [4.78, 5) is 12.7. The van der Waals surface area contributed by atoms with E-state index in [9.17, 15) is 0 Å². The van der Waals surface area contributed by atoms with E-state index in [-0.39, 0.29) is 0 Å². The summed E-state index contributed by atoms with van der Waals surface area (Å²) in [5, 5.41) is 0. The van der Waals surface area contributed by atoms with Crippen LogP contribution in [0.4, 0.5) is 0 Å². The Morgan fingerprint density at radius 1 is 1.05 bits per heavy atom. The first-order valence-corrected chi connectivity index (χ1v) is 6.16. The number of methoxy groups -OCH3 is 2. The molecular weight excluding hydrogens is 242 g/mol. The van der Waals surface area contributed by atoms with Crippen LogP contribution in [0.15, 0.2) is 30.6 Å². The van der Waals surface area contributed by atoms with Crippen molar-refractivity contribution in [2.45, 2.75) is 19.3 Å². The summed E-state index contributed by atoms with van der Waals surface area (Å²) in [5.74, 6) is 1.80. The predicted molar refractivity (Wildman–Crippen MR) is 71.4 cm³/mol. The Labute approximate surface area is 112 Å². The second-order valence-electron chi connectivity index (χ2n) is 4.08. The maximum absolute atomic E-state index is 5.12.